The summed E-state index contributed by atoms with van der Waals surface area (Å²) in [6.07, 6.45) is 4.47. The molecule has 0 radical (unpaired) electrons. The Morgan fingerprint density at radius 2 is 1.28 bits per heavy atom. The van der Waals surface area contributed by atoms with E-state index in [2.05, 4.69) is 49.5 Å². The van der Waals surface area contributed by atoms with Crippen molar-refractivity contribution in [3.8, 4) is 33.6 Å². The minimum Gasteiger partial charge on any atom is -0.453 e. The third-order valence-electron chi connectivity index (χ3n) is 10.1. The fraction of sp³-hybridized carbons (Fsp3) is 0.436. The van der Waals surface area contributed by atoms with Crippen LogP contribution in [-0.4, -0.2) is 99.8 Å². The first-order valence-corrected chi connectivity index (χ1v) is 18.3. The molecule has 0 spiro atoms. The van der Waals surface area contributed by atoms with Crippen molar-refractivity contribution in [2.45, 2.75) is 70.2 Å². The first-order valence-electron chi connectivity index (χ1n) is 18.3. The Kier molecular flexibility index (Phi) is 12.0. The number of methoxy groups -OCH3 is 2. The molecule has 0 unspecified atom stereocenters. The number of imidazole rings is 2. The molecule has 6 rings (SSSR count). The molecule has 5 N–H and O–H groups in total. The number of nitrogens with two attached hydrogens (primary N) is 1. The van der Waals surface area contributed by atoms with Crippen LogP contribution in [0.3, 0.4) is 0 Å². The van der Waals surface area contributed by atoms with Crippen molar-refractivity contribution in [1.29, 1.82) is 0 Å². The van der Waals surface area contributed by atoms with Gasteiger partial charge in [0.1, 0.15) is 17.7 Å². The van der Waals surface area contributed by atoms with Crippen molar-refractivity contribution in [3.05, 3.63) is 72.6 Å². The van der Waals surface area contributed by atoms with Crippen LogP contribution in [0.1, 0.15) is 69.7 Å². The first kappa shape index (κ1) is 38.0. The second kappa shape index (κ2) is 17.0. The molecule has 54 heavy (non-hydrogen) atoms. The van der Waals surface area contributed by atoms with Crippen molar-refractivity contribution in [2.75, 3.05) is 33.9 Å². The molecule has 0 aliphatic carbocycles. The van der Waals surface area contributed by atoms with E-state index in [0.29, 0.717) is 37.8 Å². The van der Waals surface area contributed by atoms with Crippen LogP contribution in [0.4, 0.5) is 9.59 Å². The van der Waals surface area contributed by atoms with Crippen LogP contribution >= 0.6 is 0 Å². The lowest BCUT2D eigenvalue weighted by molar-refractivity contribution is -0.143. The predicted molar refractivity (Wildman–Crippen MR) is 200 cm³/mol. The number of rotatable bonds is 13. The molecule has 286 valence electrons. The van der Waals surface area contributed by atoms with Gasteiger partial charge < -0.3 is 45.0 Å². The van der Waals surface area contributed by atoms with Crippen LogP contribution in [0.15, 0.2) is 60.9 Å². The van der Waals surface area contributed by atoms with Crippen LogP contribution in [0.25, 0.3) is 33.6 Å². The number of aromatic amines is 2. The first-order chi connectivity index (χ1) is 26.1. The van der Waals surface area contributed by atoms with E-state index in [1.165, 1.54) is 7.11 Å². The summed E-state index contributed by atoms with van der Waals surface area (Å²) in [7, 11) is 2.82. The maximum absolute atomic E-state index is 13.5. The van der Waals surface area contributed by atoms with Gasteiger partial charge in [0.2, 0.25) is 5.91 Å². The second-order valence-electron chi connectivity index (χ2n) is 14.0. The van der Waals surface area contributed by atoms with E-state index in [1.54, 1.807) is 29.3 Å². The molecule has 4 heterocycles. The highest BCUT2D eigenvalue weighted by atomic mass is 16.6. The number of hydrogen-bond acceptors (Lipinski definition) is 9. The van der Waals surface area contributed by atoms with Crippen molar-refractivity contribution >= 4 is 24.0 Å². The van der Waals surface area contributed by atoms with Crippen LogP contribution < -0.4 is 11.1 Å². The van der Waals surface area contributed by atoms with Crippen molar-refractivity contribution in [3.63, 3.8) is 0 Å². The number of aromatic nitrogens is 4. The Bertz CT molecular complexity index is 1920. The molecule has 2 aliphatic heterocycles. The topological polar surface area (TPSA) is 198 Å². The highest BCUT2D eigenvalue weighted by Crippen LogP contribution is 2.35. The highest BCUT2D eigenvalue weighted by Gasteiger charge is 2.39. The number of alkyl carbamates (subject to hydrolysis) is 1. The van der Waals surface area contributed by atoms with Crippen LogP contribution in [-0.2, 0) is 23.8 Å². The zero-order valence-corrected chi connectivity index (χ0v) is 31.0. The lowest BCUT2D eigenvalue weighted by atomic mass is 10.0. The van der Waals surface area contributed by atoms with Gasteiger partial charge in [0.25, 0.3) is 5.91 Å². The number of ether oxygens (including phenoxy) is 3. The van der Waals surface area contributed by atoms with E-state index in [9.17, 15) is 19.2 Å². The zero-order chi connectivity index (χ0) is 38.4. The van der Waals surface area contributed by atoms with E-state index < -0.39 is 24.3 Å². The third-order valence-corrected chi connectivity index (χ3v) is 10.1. The number of likely N-dealkylation sites (tertiary alicyclic amines) is 2. The third kappa shape index (κ3) is 8.41. The van der Waals surface area contributed by atoms with E-state index in [4.69, 9.17) is 19.9 Å². The minimum absolute atomic E-state index is 0.192. The lowest BCUT2D eigenvalue weighted by Gasteiger charge is -2.29. The number of carbonyl (C=O) groups is 4. The smallest absolute Gasteiger partial charge is 0.407 e. The summed E-state index contributed by atoms with van der Waals surface area (Å²) in [5.41, 5.74) is 10.9. The summed E-state index contributed by atoms with van der Waals surface area (Å²) >= 11 is 0. The fourth-order valence-corrected chi connectivity index (χ4v) is 7.27. The van der Waals surface area contributed by atoms with Crippen molar-refractivity contribution in [2.24, 2.45) is 11.7 Å². The SMILES string of the molecule is COCC[C@H](NC(=O)OC)C(=O)N1CCC[C@H]1c1ncc(-c2ccc(-c3ccc(-c4cnc([C@@H]5CCCN5C(=O)[C@@H](OC(N)=O)C(C)C)[nH]4)cc3)cc2)[nH]1. The summed E-state index contributed by atoms with van der Waals surface area (Å²) in [5.74, 6) is 0.710. The molecule has 0 bridgehead atoms. The van der Waals surface area contributed by atoms with E-state index in [0.717, 1.165) is 59.3 Å². The molecule has 2 aliphatic rings. The van der Waals surface area contributed by atoms with Crippen LogP contribution in [0.2, 0.25) is 0 Å². The van der Waals surface area contributed by atoms with Gasteiger partial charge in [-0.2, -0.15) is 0 Å². The monoisotopic (exact) mass is 740 g/mol. The predicted octanol–water partition coefficient (Wildman–Crippen LogP) is 5.34. The average Bonchev–Trinajstić information content (AvgIpc) is 4.01. The number of H-pyrrole nitrogens is 2. The van der Waals surface area contributed by atoms with Crippen LogP contribution in [0.5, 0.6) is 0 Å². The Morgan fingerprint density at radius 1 is 0.796 bits per heavy atom. The number of amides is 4. The van der Waals surface area contributed by atoms with Crippen molar-refractivity contribution < 1.29 is 33.4 Å². The molecule has 2 saturated heterocycles. The molecule has 4 aromatic rings. The van der Waals surface area contributed by atoms with Gasteiger partial charge in [-0.1, -0.05) is 62.4 Å². The molecular formula is C39H48N8O7. The Hall–Kier alpha value is -5.70. The van der Waals surface area contributed by atoms with E-state index in [1.807, 2.05) is 38.1 Å². The molecule has 2 fully saturated rings. The Balaban J connectivity index is 1.10. The summed E-state index contributed by atoms with van der Waals surface area (Å²) in [6, 6.07) is 15.1. The second-order valence-corrected chi connectivity index (χ2v) is 14.0. The number of nitrogens with zero attached hydrogens (tertiary/aromatic N) is 4. The molecule has 2 aromatic heterocycles. The summed E-state index contributed by atoms with van der Waals surface area (Å²) in [4.78, 5) is 69.9. The molecule has 4 amide bonds. The minimum atomic E-state index is -0.965. The average molecular weight is 741 g/mol. The number of primary amides is 1. The van der Waals surface area contributed by atoms with Gasteiger partial charge in [0.15, 0.2) is 6.10 Å². The summed E-state index contributed by atoms with van der Waals surface area (Å²) in [5, 5.41) is 2.64. The van der Waals surface area contributed by atoms with Gasteiger partial charge in [-0.3, -0.25) is 9.59 Å². The quantitative estimate of drug-likeness (QED) is 0.140. The molecule has 2 aromatic carbocycles. The molecule has 0 saturated carbocycles. The number of benzene rings is 2. The maximum atomic E-state index is 13.5. The Labute approximate surface area is 314 Å². The van der Waals surface area contributed by atoms with Gasteiger partial charge >= 0.3 is 12.2 Å². The molecular weight excluding hydrogens is 692 g/mol. The fourth-order valence-electron chi connectivity index (χ4n) is 7.27. The number of hydrogen-bond donors (Lipinski definition) is 4. The van der Waals surface area contributed by atoms with Gasteiger partial charge in [-0.05, 0) is 53.9 Å². The molecule has 4 atom stereocenters. The van der Waals surface area contributed by atoms with Gasteiger partial charge in [-0.15, -0.1) is 0 Å². The van der Waals surface area contributed by atoms with Gasteiger partial charge in [-0.25, -0.2) is 19.6 Å². The molecule has 15 nitrogen and oxygen atoms in total. The van der Waals surface area contributed by atoms with Gasteiger partial charge in [0, 0.05) is 33.2 Å². The van der Waals surface area contributed by atoms with Gasteiger partial charge in [0.05, 0.1) is 43.0 Å². The molecule has 15 heteroatoms. The van der Waals surface area contributed by atoms with E-state index >= 15 is 0 Å². The lowest BCUT2D eigenvalue weighted by Crippen LogP contribution is -2.49. The largest absolute Gasteiger partial charge is 0.453 e. The normalized spacial score (nSPS) is 18.1. The summed E-state index contributed by atoms with van der Waals surface area (Å²) in [6.45, 7) is 5.07. The maximum Gasteiger partial charge on any atom is 0.407 e. The summed E-state index contributed by atoms with van der Waals surface area (Å²) < 4.78 is 15.1. The highest BCUT2D eigenvalue weighted by molar-refractivity contribution is 5.86. The number of carbonyl (C=O) groups excluding carboxylic acids is 4. The standard InChI is InChI=1S/C39H48N8O7/c1-23(2)33(54-38(40)50)37(49)47-19-6-8-32(47)35-42-22-30(44-35)27-15-11-25(12-16-27)24-9-13-26(14-10-24)29-21-41-34(43-29)31-7-5-18-46(31)36(48)28(17-20-52-3)45-39(51)53-4/h9-16,21-23,28,31-33H,5-8,17-20H2,1-4H3,(H2,40,50)(H,41,43)(H,42,44)(H,45,51)/t28-,31-,32-,33-/m0/s1. The zero-order valence-electron chi connectivity index (χ0n) is 31.0. The van der Waals surface area contributed by atoms with Crippen molar-refractivity contribution in [1.82, 2.24) is 35.1 Å². The van der Waals surface area contributed by atoms with E-state index in [-0.39, 0.29) is 29.8 Å². The van der Waals surface area contributed by atoms with Crippen LogP contribution in [0, 0.1) is 5.92 Å². The Morgan fingerprint density at radius 3 is 1.72 bits per heavy atom. The number of nitrogens with one attached hydrogen (secondary N) is 3.